The summed E-state index contributed by atoms with van der Waals surface area (Å²) in [7, 11) is -2.64. The molecule has 10 heteroatoms. The fourth-order valence-corrected chi connectivity index (χ4v) is 7.89. The molecule has 2 unspecified atom stereocenters. The second kappa shape index (κ2) is 45.3. The van der Waals surface area contributed by atoms with Crippen molar-refractivity contribution in [2.45, 2.75) is 251 Å². The molecule has 0 heterocycles. The number of carbonyl (C=O) groups excluding carboxylic acids is 2. The summed E-state index contributed by atoms with van der Waals surface area (Å²) < 4.78 is 33.3. The second-order valence-electron chi connectivity index (χ2n) is 16.7. The Labute approximate surface area is 358 Å². The van der Waals surface area contributed by atoms with E-state index < -0.39 is 26.5 Å². The zero-order valence-electron chi connectivity index (χ0n) is 38.3. The normalized spacial score (nSPS) is 13.2. The van der Waals surface area contributed by atoms with Crippen LogP contribution in [0.5, 0.6) is 0 Å². The third kappa shape index (κ3) is 44.3. The molecule has 2 atom stereocenters. The molecule has 2 N–H and O–H groups in total. The van der Waals surface area contributed by atoms with Gasteiger partial charge in [-0.2, -0.15) is 0 Å². The van der Waals surface area contributed by atoms with Crippen molar-refractivity contribution in [2.24, 2.45) is 0 Å². The van der Waals surface area contributed by atoms with E-state index >= 15 is 0 Å². The van der Waals surface area contributed by atoms with Gasteiger partial charge in [-0.3, -0.25) is 18.6 Å². The summed E-state index contributed by atoms with van der Waals surface area (Å²) in [5, 5.41) is 2.83. The Hall–Kier alpha value is -1.25. The Morgan fingerprint density at radius 2 is 0.879 bits per heavy atom. The third-order valence-corrected chi connectivity index (χ3v) is 11.9. The summed E-state index contributed by atoms with van der Waals surface area (Å²) >= 11 is 0. The van der Waals surface area contributed by atoms with Gasteiger partial charge in [-0.1, -0.05) is 206 Å². The van der Waals surface area contributed by atoms with Crippen LogP contribution in [0.2, 0.25) is 0 Å². The van der Waals surface area contributed by atoms with Crippen LogP contribution in [0.25, 0.3) is 0 Å². The van der Waals surface area contributed by atoms with Crippen LogP contribution in [-0.4, -0.2) is 56.3 Å². The molecule has 0 saturated carbocycles. The highest BCUT2D eigenvalue weighted by Gasteiger charge is 2.26. The quantitative estimate of drug-likeness (QED) is 0.0267. The van der Waals surface area contributed by atoms with Crippen molar-refractivity contribution >= 4 is 19.8 Å². The monoisotopic (exact) mass is 844 g/mol. The second-order valence-corrected chi connectivity index (χ2v) is 18.1. The van der Waals surface area contributed by atoms with E-state index in [0.717, 1.165) is 32.1 Å². The van der Waals surface area contributed by atoms with Gasteiger partial charge in [0.05, 0.1) is 13.2 Å². The molecule has 0 aliphatic carbocycles. The molecule has 0 aromatic heterocycles. The summed E-state index contributed by atoms with van der Waals surface area (Å²) in [6.07, 6.45) is 46.8. The SMILES string of the molecule is CCCCCCCC/C=C\CCCCCCCCCCCC(=O)OCC(COP(=O)(O)OCCNC)OC(=O)CCCCCCCCCCCCCCCCCCC. The number of hydrogen-bond donors (Lipinski definition) is 2. The summed E-state index contributed by atoms with van der Waals surface area (Å²) in [5.74, 6) is -0.794. The Bertz CT molecular complexity index is 964. The molecular weight excluding hydrogens is 750 g/mol. The predicted molar refractivity (Wildman–Crippen MR) is 243 cm³/mol. The van der Waals surface area contributed by atoms with Crippen LogP contribution in [-0.2, 0) is 32.7 Å². The van der Waals surface area contributed by atoms with E-state index in [1.165, 1.54) is 180 Å². The van der Waals surface area contributed by atoms with Gasteiger partial charge >= 0.3 is 19.8 Å². The van der Waals surface area contributed by atoms with Crippen molar-refractivity contribution in [3.05, 3.63) is 12.2 Å². The molecule has 58 heavy (non-hydrogen) atoms. The van der Waals surface area contributed by atoms with E-state index in [2.05, 4.69) is 31.3 Å². The minimum absolute atomic E-state index is 0.0136. The first kappa shape index (κ1) is 56.8. The van der Waals surface area contributed by atoms with Crippen LogP contribution in [0.1, 0.15) is 245 Å². The molecule has 0 aromatic carbocycles. The molecule has 0 radical (unpaired) electrons. The average Bonchev–Trinajstić information content (AvgIpc) is 3.21. The molecule has 0 bridgehead atoms. The Balaban J connectivity index is 4.11. The van der Waals surface area contributed by atoms with E-state index in [-0.39, 0.29) is 25.6 Å². The number of hydrogen-bond acceptors (Lipinski definition) is 8. The molecule has 0 aromatic rings. The highest BCUT2D eigenvalue weighted by Crippen LogP contribution is 2.43. The van der Waals surface area contributed by atoms with Crippen LogP contribution < -0.4 is 5.32 Å². The smallest absolute Gasteiger partial charge is 0.462 e. The Kier molecular flexibility index (Phi) is 44.3. The molecule has 344 valence electrons. The summed E-state index contributed by atoms with van der Waals surface area (Å²) in [6, 6.07) is 0. The first-order chi connectivity index (χ1) is 28.3. The van der Waals surface area contributed by atoms with Crippen molar-refractivity contribution in [3.63, 3.8) is 0 Å². The number of phosphoric ester groups is 1. The number of ether oxygens (including phenoxy) is 2. The lowest BCUT2D eigenvalue weighted by molar-refractivity contribution is -0.161. The fourth-order valence-electron chi connectivity index (χ4n) is 7.14. The van der Waals surface area contributed by atoms with Crippen molar-refractivity contribution in [1.82, 2.24) is 5.32 Å². The van der Waals surface area contributed by atoms with Gasteiger partial charge in [-0.05, 0) is 45.6 Å². The highest BCUT2D eigenvalue weighted by molar-refractivity contribution is 7.47. The van der Waals surface area contributed by atoms with E-state index in [4.69, 9.17) is 18.5 Å². The first-order valence-electron chi connectivity index (χ1n) is 24.6. The number of carbonyl (C=O) groups is 2. The first-order valence-corrected chi connectivity index (χ1v) is 26.1. The predicted octanol–water partition coefficient (Wildman–Crippen LogP) is 14.4. The van der Waals surface area contributed by atoms with Gasteiger partial charge in [-0.25, -0.2) is 4.57 Å². The number of allylic oxidation sites excluding steroid dienone is 2. The molecule has 0 spiro atoms. The Morgan fingerprint density at radius 3 is 1.28 bits per heavy atom. The maximum Gasteiger partial charge on any atom is 0.472 e. The number of rotatable bonds is 47. The lowest BCUT2D eigenvalue weighted by Crippen LogP contribution is -2.29. The molecule has 9 nitrogen and oxygen atoms in total. The number of nitrogens with one attached hydrogen (secondary N) is 1. The van der Waals surface area contributed by atoms with Gasteiger partial charge in [0, 0.05) is 19.4 Å². The number of likely N-dealkylation sites (N-methyl/N-ethyl adjacent to an activating group) is 1. The van der Waals surface area contributed by atoms with Gasteiger partial charge in [0.25, 0.3) is 0 Å². The molecule has 0 saturated heterocycles. The topological polar surface area (TPSA) is 120 Å². The van der Waals surface area contributed by atoms with Crippen LogP contribution in [0.3, 0.4) is 0 Å². The Morgan fingerprint density at radius 1 is 0.517 bits per heavy atom. The highest BCUT2D eigenvalue weighted by atomic mass is 31.2. The number of esters is 2. The third-order valence-electron chi connectivity index (χ3n) is 10.9. The lowest BCUT2D eigenvalue weighted by Gasteiger charge is -2.20. The van der Waals surface area contributed by atoms with Crippen LogP contribution in [0, 0.1) is 0 Å². The standard InChI is InChI=1S/C48H94NO8P/c1-4-6-8-10-12-14-16-18-20-22-23-25-26-28-30-32-34-36-38-40-47(50)54-44-46(45-56-58(52,53)55-43-42-49-3)57-48(51)41-39-37-35-33-31-29-27-24-21-19-17-15-13-11-9-7-5-2/h18,20,46,49H,4-17,19,21-45H2,1-3H3,(H,52,53)/b20-18-. The van der Waals surface area contributed by atoms with Crippen LogP contribution in [0.15, 0.2) is 12.2 Å². The van der Waals surface area contributed by atoms with E-state index in [1.807, 2.05) is 0 Å². The number of phosphoric acid groups is 1. The largest absolute Gasteiger partial charge is 0.472 e. The van der Waals surface area contributed by atoms with E-state index in [9.17, 15) is 19.0 Å². The van der Waals surface area contributed by atoms with Gasteiger partial charge in [0.15, 0.2) is 6.10 Å². The maximum atomic E-state index is 12.7. The summed E-state index contributed by atoms with van der Waals surface area (Å²) in [5.41, 5.74) is 0. The zero-order valence-corrected chi connectivity index (χ0v) is 39.2. The molecular formula is C48H94NO8P. The van der Waals surface area contributed by atoms with Crippen molar-refractivity contribution in [3.8, 4) is 0 Å². The van der Waals surface area contributed by atoms with Crippen LogP contribution >= 0.6 is 7.82 Å². The number of unbranched alkanes of at least 4 members (excludes halogenated alkanes) is 31. The zero-order chi connectivity index (χ0) is 42.5. The van der Waals surface area contributed by atoms with Gasteiger partial charge in [-0.15, -0.1) is 0 Å². The van der Waals surface area contributed by atoms with Gasteiger partial charge < -0.3 is 19.7 Å². The van der Waals surface area contributed by atoms with Crippen LogP contribution in [0.4, 0.5) is 0 Å². The van der Waals surface area contributed by atoms with Crippen molar-refractivity contribution in [2.75, 3.05) is 33.4 Å². The molecule has 0 aliphatic heterocycles. The minimum Gasteiger partial charge on any atom is -0.462 e. The maximum absolute atomic E-state index is 12.7. The van der Waals surface area contributed by atoms with Crippen molar-refractivity contribution < 1.29 is 37.6 Å². The lowest BCUT2D eigenvalue weighted by atomic mass is 10.0. The van der Waals surface area contributed by atoms with Crippen molar-refractivity contribution in [1.29, 1.82) is 0 Å². The minimum atomic E-state index is -4.35. The van der Waals surface area contributed by atoms with E-state index in [1.54, 1.807) is 7.05 Å². The fraction of sp³-hybridized carbons (Fsp3) is 0.917. The van der Waals surface area contributed by atoms with Gasteiger partial charge in [0.1, 0.15) is 6.61 Å². The van der Waals surface area contributed by atoms with Gasteiger partial charge in [0.2, 0.25) is 0 Å². The van der Waals surface area contributed by atoms with E-state index in [0.29, 0.717) is 19.4 Å². The molecule has 0 aliphatic rings. The summed E-state index contributed by atoms with van der Waals surface area (Å²) in [4.78, 5) is 35.2. The molecule has 0 rings (SSSR count). The molecule has 0 fully saturated rings. The summed E-state index contributed by atoms with van der Waals surface area (Å²) in [6.45, 7) is 4.27. The average molecular weight is 844 g/mol. The molecule has 0 amide bonds.